The number of rotatable bonds is 3. The van der Waals surface area contributed by atoms with E-state index >= 15 is 0 Å². The second-order valence-corrected chi connectivity index (χ2v) is 9.64. The Kier molecular flexibility index (Phi) is 5.86. The number of piperidine rings is 1. The minimum atomic E-state index is -1.59. The number of halogens is 3. The van der Waals surface area contributed by atoms with Crippen LogP contribution in [0.2, 0.25) is 0 Å². The fraction of sp³-hybridized carbons (Fsp3) is 0.214. The van der Waals surface area contributed by atoms with E-state index in [9.17, 15) is 22.8 Å². The first-order valence-electron chi connectivity index (χ1n) is 12.3. The Morgan fingerprint density at radius 3 is 2.49 bits per heavy atom. The number of amides is 2. The van der Waals surface area contributed by atoms with E-state index in [1.54, 1.807) is 23.2 Å². The molecule has 0 aliphatic carbocycles. The van der Waals surface area contributed by atoms with E-state index < -0.39 is 35.1 Å². The molecule has 6 rings (SSSR count). The molecule has 2 aliphatic heterocycles. The number of ether oxygens (including phenoxy) is 1. The molecule has 2 amide bonds. The number of fused-ring (bicyclic) bond motifs is 2. The molecule has 0 atom stereocenters. The van der Waals surface area contributed by atoms with Crippen LogP contribution in [0.5, 0.6) is 0 Å². The summed E-state index contributed by atoms with van der Waals surface area (Å²) < 4.78 is 48.7. The van der Waals surface area contributed by atoms with Crippen LogP contribution in [-0.2, 0) is 10.3 Å². The molecule has 198 valence electrons. The Morgan fingerprint density at radius 1 is 1.05 bits per heavy atom. The van der Waals surface area contributed by atoms with E-state index in [1.807, 2.05) is 25.1 Å². The zero-order valence-corrected chi connectivity index (χ0v) is 20.7. The van der Waals surface area contributed by atoms with Gasteiger partial charge < -0.3 is 9.64 Å². The van der Waals surface area contributed by atoms with Gasteiger partial charge in [-0.05, 0) is 37.3 Å². The molecule has 2 aromatic carbocycles. The van der Waals surface area contributed by atoms with Gasteiger partial charge in [-0.2, -0.15) is 5.10 Å². The number of anilines is 1. The molecule has 2 aromatic heterocycles. The SMILES string of the molecule is Cc1ccc2c(c1)C1(CCN(C(=O)c3cc(-c4cccnc4)n(-c4cc(F)c(F)c(F)c4)n3)CC1)OC(=O)N2. The van der Waals surface area contributed by atoms with Gasteiger partial charge in [-0.15, -0.1) is 0 Å². The third kappa shape index (κ3) is 4.29. The van der Waals surface area contributed by atoms with Crippen molar-refractivity contribution in [2.45, 2.75) is 25.4 Å². The molecular weight excluding hydrogens is 511 g/mol. The molecule has 0 saturated carbocycles. The lowest BCUT2D eigenvalue weighted by molar-refractivity contribution is -0.0333. The van der Waals surface area contributed by atoms with Gasteiger partial charge in [0.05, 0.1) is 17.1 Å². The van der Waals surface area contributed by atoms with Crippen molar-refractivity contribution < 1.29 is 27.5 Å². The molecule has 1 spiro atoms. The molecule has 4 aromatic rings. The largest absolute Gasteiger partial charge is 0.438 e. The van der Waals surface area contributed by atoms with Gasteiger partial charge in [0.2, 0.25) is 0 Å². The first-order valence-corrected chi connectivity index (χ1v) is 12.3. The van der Waals surface area contributed by atoms with Crippen LogP contribution in [0.1, 0.15) is 34.5 Å². The minimum Gasteiger partial charge on any atom is -0.438 e. The van der Waals surface area contributed by atoms with E-state index in [1.165, 1.54) is 16.9 Å². The quantitative estimate of drug-likeness (QED) is 0.359. The smallest absolute Gasteiger partial charge is 0.412 e. The fourth-order valence-electron chi connectivity index (χ4n) is 5.18. The number of carbonyl (C=O) groups is 2. The van der Waals surface area contributed by atoms with Gasteiger partial charge in [0.15, 0.2) is 23.1 Å². The van der Waals surface area contributed by atoms with Crippen molar-refractivity contribution in [1.82, 2.24) is 19.7 Å². The molecule has 39 heavy (non-hydrogen) atoms. The van der Waals surface area contributed by atoms with E-state index in [4.69, 9.17) is 4.74 Å². The van der Waals surface area contributed by atoms with E-state index in [0.29, 0.717) is 29.8 Å². The first kappa shape index (κ1) is 24.7. The molecule has 2 aliphatic rings. The van der Waals surface area contributed by atoms with E-state index in [2.05, 4.69) is 15.4 Å². The summed E-state index contributed by atoms with van der Waals surface area (Å²) in [5.74, 6) is -4.75. The summed E-state index contributed by atoms with van der Waals surface area (Å²) in [5, 5.41) is 7.09. The molecular formula is C28H22F3N5O3. The van der Waals surface area contributed by atoms with Crippen molar-refractivity contribution in [2.75, 3.05) is 18.4 Å². The predicted molar refractivity (Wildman–Crippen MR) is 135 cm³/mol. The van der Waals surface area contributed by atoms with Crippen LogP contribution >= 0.6 is 0 Å². The second kappa shape index (κ2) is 9.26. The third-order valence-electron chi connectivity index (χ3n) is 7.15. The molecule has 1 fully saturated rings. The molecule has 1 saturated heterocycles. The summed E-state index contributed by atoms with van der Waals surface area (Å²) in [5.41, 5.74) is 2.57. The van der Waals surface area contributed by atoms with Crippen LogP contribution in [0.25, 0.3) is 16.9 Å². The Labute approximate surface area is 221 Å². The monoisotopic (exact) mass is 533 g/mol. The summed E-state index contributed by atoms with van der Waals surface area (Å²) in [6, 6.07) is 12.2. The second-order valence-electron chi connectivity index (χ2n) is 9.64. The Morgan fingerprint density at radius 2 is 1.79 bits per heavy atom. The van der Waals surface area contributed by atoms with E-state index in [0.717, 1.165) is 23.3 Å². The highest BCUT2D eigenvalue weighted by Crippen LogP contribution is 2.44. The highest BCUT2D eigenvalue weighted by Gasteiger charge is 2.45. The van der Waals surface area contributed by atoms with Gasteiger partial charge in [0, 0.05) is 61.6 Å². The number of aromatic nitrogens is 3. The number of aryl methyl sites for hydroxylation is 1. The van der Waals surface area contributed by atoms with Crippen LogP contribution < -0.4 is 5.32 Å². The highest BCUT2D eigenvalue weighted by molar-refractivity contribution is 5.94. The normalized spacial score (nSPS) is 16.0. The molecule has 0 bridgehead atoms. The van der Waals surface area contributed by atoms with Crippen LogP contribution in [0, 0.1) is 24.4 Å². The topological polar surface area (TPSA) is 89.3 Å². The van der Waals surface area contributed by atoms with Crippen LogP contribution in [0.3, 0.4) is 0 Å². The number of nitrogens with zero attached hydrogens (tertiary/aromatic N) is 4. The molecule has 0 unspecified atom stereocenters. The van der Waals surface area contributed by atoms with Crippen molar-refractivity contribution in [1.29, 1.82) is 0 Å². The fourth-order valence-corrected chi connectivity index (χ4v) is 5.18. The summed E-state index contributed by atoms with van der Waals surface area (Å²) in [6.45, 7) is 2.53. The molecule has 11 heteroatoms. The average Bonchev–Trinajstić information content (AvgIpc) is 3.38. The number of hydrogen-bond acceptors (Lipinski definition) is 5. The lowest BCUT2D eigenvalue weighted by atomic mass is 9.81. The van der Waals surface area contributed by atoms with Gasteiger partial charge in [0.25, 0.3) is 5.91 Å². The maximum absolute atomic E-state index is 14.1. The number of hydrogen-bond donors (Lipinski definition) is 1. The van der Waals surface area contributed by atoms with Gasteiger partial charge in [-0.3, -0.25) is 15.1 Å². The van der Waals surface area contributed by atoms with Crippen molar-refractivity contribution >= 4 is 17.7 Å². The van der Waals surface area contributed by atoms with E-state index in [-0.39, 0.29) is 24.5 Å². The Hall–Kier alpha value is -4.67. The number of nitrogens with one attached hydrogen (secondary N) is 1. The minimum absolute atomic E-state index is 0.0356. The van der Waals surface area contributed by atoms with Crippen LogP contribution in [0.15, 0.2) is 60.9 Å². The molecule has 4 heterocycles. The molecule has 8 nitrogen and oxygen atoms in total. The van der Waals surface area contributed by atoms with Crippen molar-refractivity contribution in [3.05, 3.63) is 95.2 Å². The third-order valence-corrected chi connectivity index (χ3v) is 7.15. The Bertz CT molecular complexity index is 1590. The predicted octanol–water partition coefficient (Wildman–Crippen LogP) is 5.35. The summed E-state index contributed by atoms with van der Waals surface area (Å²) in [6.07, 6.45) is 3.31. The summed E-state index contributed by atoms with van der Waals surface area (Å²) >= 11 is 0. The van der Waals surface area contributed by atoms with Crippen LogP contribution in [-0.4, -0.2) is 44.8 Å². The summed E-state index contributed by atoms with van der Waals surface area (Å²) in [7, 11) is 0. The van der Waals surface area contributed by atoms with Gasteiger partial charge in [0.1, 0.15) is 5.60 Å². The lowest BCUT2D eigenvalue weighted by Gasteiger charge is -2.44. The van der Waals surface area contributed by atoms with Gasteiger partial charge in [-0.25, -0.2) is 22.6 Å². The number of pyridine rings is 1. The zero-order chi connectivity index (χ0) is 27.3. The standard InChI is InChI=1S/C28H22F3N5O3/c1-16-4-5-22-19(11-16)28(39-27(38)33-22)6-9-35(10-7-28)26(37)23-14-24(17-3-2-8-32-15-17)36(34-23)18-12-20(29)25(31)21(30)13-18/h2-5,8,11-15H,6-7,9-10H2,1H3,(H,33,38). The average molecular weight is 534 g/mol. The van der Waals surface area contributed by atoms with Crippen LogP contribution in [0.4, 0.5) is 23.7 Å². The van der Waals surface area contributed by atoms with Crippen molar-refractivity contribution in [3.8, 4) is 16.9 Å². The lowest BCUT2D eigenvalue weighted by Crippen LogP contribution is -2.49. The number of benzene rings is 2. The maximum atomic E-state index is 14.1. The van der Waals surface area contributed by atoms with Gasteiger partial charge >= 0.3 is 6.09 Å². The zero-order valence-electron chi connectivity index (χ0n) is 20.7. The molecule has 1 N–H and O–H groups in total. The molecule has 0 radical (unpaired) electrons. The van der Waals surface area contributed by atoms with Gasteiger partial charge in [-0.1, -0.05) is 11.6 Å². The number of likely N-dealkylation sites (tertiary alicyclic amines) is 1. The highest BCUT2D eigenvalue weighted by atomic mass is 19.2. The first-order chi connectivity index (χ1) is 18.7. The summed E-state index contributed by atoms with van der Waals surface area (Å²) in [4.78, 5) is 31.5. The maximum Gasteiger partial charge on any atom is 0.412 e. The Balaban J connectivity index is 1.32. The number of carbonyl (C=O) groups excluding carboxylic acids is 2. The van der Waals surface area contributed by atoms with Crippen molar-refractivity contribution in [2.24, 2.45) is 0 Å². The van der Waals surface area contributed by atoms with Crippen molar-refractivity contribution in [3.63, 3.8) is 0 Å².